The standard InChI is InChI=1S/C20H23N5OS/c1-2-18-23-24-20(27-18)25-9-5-6-14(13-25)11-22-19(26)16-10-15-7-3-4-8-17(15)21-12-16/h3-4,7-8,10,12,14H,2,5-6,9,11,13H2,1H3,(H,22,26). The van der Waals surface area contributed by atoms with Crippen LogP contribution in [0, 0.1) is 5.92 Å². The van der Waals surface area contributed by atoms with Gasteiger partial charge in [-0.25, -0.2) is 0 Å². The number of carbonyl (C=O) groups excluding carboxylic acids is 1. The molecule has 1 aliphatic heterocycles. The summed E-state index contributed by atoms with van der Waals surface area (Å²) in [6, 6.07) is 9.74. The predicted octanol–water partition coefficient (Wildman–Crippen LogP) is 3.30. The van der Waals surface area contributed by atoms with Crippen LogP contribution in [0.3, 0.4) is 0 Å². The Morgan fingerprint density at radius 1 is 1.33 bits per heavy atom. The molecule has 27 heavy (non-hydrogen) atoms. The van der Waals surface area contributed by atoms with Gasteiger partial charge in [-0.3, -0.25) is 9.78 Å². The lowest BCUT2D eigenvalue weighted by Crippen LogP contribution is -2.41. The molecule has 1 aromatic carbocycles. The molecule has 140 valence electrons. The average molecular weight is 382 g/mol. The summed E-state index contributed by atoms with van der Waals surface area (Å²) in [5.74, 6) is 0.361. The summed E-state index contributed by atoms with van der Waals surface area (Å²) in [7, 11) is 0. The van der Waals surface area contributed by atoms with E-state index in [1.165, 1.54) is 0 Å². The van der Waals surface area contributed by atoms with Crippen molar-refractivity contribution in [1.82, 2.24) is 20.5 Å². The van der Waals surface area contributed by atoms with Crippen LogP contribution in [0.1, 0.15) is 35.1 Å². The Balaban J connectivity index is 1.36. The molecular weight excluding hydrogens is 358 g/mol. The molecule has 0 aliphatic carbocycles. The van der Waals surface area contributed by atoms with Gasteiger partial charge in [-0.1, -0.05) is 36.5 Å². The van der Waals surface area contributed by atoms with Crippen molar-refractivity contribution < 1.29 is 4.79 Å². The molecule has 7 heteroatoms. The molecule has 3 heterocycles. The minimum Gasteiger partial charge on any atom is -0.352 e. The largest absolute Gasteiger partial charge is 0.352 e. The lowest BCUT2D eigenvalue weighted by molar-refractivity contribution is 0.0945. The molecule has 0 spiro atoms. The van der Waals surface area contributed by atoms with E-state index in [1.54, 1.807) is 17.5 Å². The maximum absolute atomic E-state index is 12.5. The third-order valence-electron chi connectivity index (χ3n) is 4.95. The van der Waals surface area contributed by atoms with E-state index in [0.29, 0.717) is 18.0 Å². The Labute approximate surface area is 162 Å². The Morgan fingerprint density at radius 2 is 2.22 bits per heavy atom. The summed E-state index contributed by atoms with van der Waals surface area (Å²) < 4.78 is 0. The Bertz CT molecular complexity index is 941. The number of aryl methyl sites for hydroxylation is 1. The number of anilines is 1. The van der Waals surface area contributed by atoms with E-state index in [0.717, 1.165) is 53.4 Å². The molecule has 1 fully saturated rings. The van der Waals surface area contributed by atoms with Crippen LogP contribution in [0.4, 0.5) is 5.13 Å². The number of carbonyl (C=O) groups is 1. The third-order valence-corrected chi connectivity index (χ3v) is 6.08. The normalized spacial score (nSPS) is 17.2. The van der Waals surface area contributed by atoms with Gasteiger partial charge in [0.1, 0.15) is 5.01 Å². The molecule has 3 aromatic rings. The van der Waals surface area contributed by atoms with Crippen molar-refractivity contribution in [3.8, 4) is 0 Å². The Hall–Kier alpha value is -2.54. The van der Waals surface area contributed by atoms with E-state index in [9.17, 15) is 4.79 Å². The van der Waals surface area contributed by atoms with Gasteiger partial charge in [0.2, 0.25) is 5.13 Å². The average Bonchev–Trinajstić information content (AvgIpc) is 3.21. The monoisotopic (exact) mass is 381 g/mol. The summed E-state index contributed by atoms with van der Waals surface area (Å²) in [5, 5.41) is 14.7. The molecule has 4 rings (SSSR count). The lowest BCUT2D eigenvalue weighted by atomic mass is 9.98. The van der Waals surface area contributed by atoms with E-state index in [-0.39, 0.29) is 5.91 Å². The molecule has 1 N–H and O–H groups in total. The number of fused-ring (bicyclic) bond motifs is 1. The Morgan fingerprint density at radius 3 is 3.07 bits per heavy atom. The molecule has 0 radical (unpaired) electrons. The van der Waals surface area contributed by atoms with E-state index >= 15 is 0 Å². The zero-order chi connectivity index (χ0) is 18.6. The SMILES string of the molecule is CCc1nnc(N2CCCC(CNC(=O)c3cnc4ccccc4c3)C2)s1. The van der Waals surface area contributed by atoms with Crippen LogP contribution < -0.4 is 10.2 Å². The molecule has 1 unspecified atom stereocenters. The van der Waals surface area contributed by atoms with Crippen LogP contribution in [0.2, 0.25) is 0 Å². The van der Waals surface area contributed by atoms with Crippen LogP contribution in [-0.2, 0) is 6.42 Å². The number of aromatic nitrogens is 3. The molecule has 1 aliphatic rings. The van der Waals surface area contributed by atoms with Gasteiger partial charge in [0.15, 0.2) is 0 Å². The highest BCUT2D eigenvalue weighted by Gasteiger charge is 2.23. The van der Waals surface area contributed by atoms with Gasteiger partial charge in [-0.15, -0.1) is 10.2 Å². The molecular formula is C20H23N5OS. The van der Waals surface area contributed by atoms with E-state index in [2.05, 4.69) is 32.3 Å². The first kappa shape index (κ1) is 17.9. The maximum Gasteiger partial charge on any atom is 0.252 e. The number of amides is 1. The highest BCUT2D eigenvalue weighted by molar-refractivity contribution is 7.15. The minimum atomic E-state index is -0.0606. The van der Waals surface area contributed by atoms with Gasteiger partial charge in [0, 0.05) is 31.2 Å². The quantitative estimate of drug-likeness (QED) is 0.734. The van der Waals surface area contributed by atoms with Gasteiger partial charge < -0.3 is 10.2 Å². The zero-order valence-electron chi connectivity index (χ0n) is 15.4. The van der Waals surface area contributed by atoms with Crippen LogP contribution >= 0.6 is 11.3 Å². The first-order chi connectivity index (χ1) is 13.2. The number of benzene rings is 1. The maximum atomic E-state index is 12.5. The van der Waals surface area contributed by atoms with Gasteiger partial charge in [-0.05, 0) is 37.3 Å². The fourth-order valence-electron chi connectivity index (χ4n) is 3.46. The van der Waals surface area contributed by atoms with Crippen LogP contribution in [0.15, 0.2) is 36.5 Å². The molecule has 6 nitrogen and oxygen atoms in total. The number of rotatable bonds is 5. The molecule has 0 bridgehead atoms. The van der Waals surface area contributed by atoms with E-state index in [4.69, 9.17) is 0 Å². The lowest BCUT2D eigenvalue weighted by Gasteiger charge is -2.32. The zero-order valence-corrected chi connectivity index (χ0v) is 16.2. The first-order valence-electron chi connectivity index (χ1n) is 9.43. The van der Waals surface area contributed by atoms with Crippen LogP contribution in [0.25, 0.3) is 10.9 Å². The van der Waals surface area contributed by atoms with Gasteiger partial charge in [-0.2, -0.15) is 0 Å². The highest BCUT2D eigenvalue weighted by atomic mass is 32.1. The highest BCUT2D eigenvalue weighted by Crippen LogP contribution is 2.26. The third kappa shape index (κ3) is 4.08. The number of hydrogen-bond acceptors (Lipinski definition) is 6. The summed E-state index contributed by atoms with van der Waals surface area (Å²) in [4.78, 5) is 19.2. The number of para-hydroxylation sites is 1. The van der Waals surface area contributed by atoms with Crippen molar-refractivity contribution in [2.75, 3.05) is 24.5 Å². The van der Waals surface area contributed by atoms with Crippen molar-refractivity contribution in [2.24, 2.45) is 5.92 Å². The second-order valence-corrected chi connectivity index (χ2v) is 7.95. The van der Waals surface area contributed by atoms with E-state index in [1.807, 2.05) is 30.3 Å². The predicted molar refractivity (Wildman–Crippen MR) is 108 cm³/mol. The van der Waals surface area contributed by atoms with Gasteiger partial charge in [0.25, 0.3) is 5.91 Å². The molecule has 1 saturated heterocycles. The molecule has 0 saturated carbocycles. The number of piperidine rings is 1. The Kier molecular flexibility index (Phi) is 5.29. The smallest absolute Gasteiger partial charge is 0.252 e. The summed E-state index contributed by atoms with van der Waals surface area (Å²) in [6.07, 6.45) is 4.80. The molecule has 1 amide bonds. The second kappa shape index (κ2) is 8.00. The van der Waals surface area contributed by atoms with Crippen LogP contribution in [0.5, 0.6) is 0 Å². The number of hydrogen-bond donors (Lipinski definition) is 1. The van der Waals surface area contributed by atoms with Crippen molar-refractivity contribution in [2.45, 2.75) is 26.2 Å². The number of pyridine rings is 1. The summed E-state index contributed by atoms with van der Waals surface area (Å²) in [5.41, 5.74) is 1.51. The van der Waals surface area contributed by atoms with Crippen molar-refractivity contribution in [3.05, 3.63) is 47.1 Å². The van der Waals surface area contributed by atoms with Gasteiger partial charge in [0.05, 0.1) is 11.1 Å². The minimum absolute atomic E-state index is 0.0606. The second-order valence-electron chi connectivity index (χ2n) is 6.91. The van der Waals surface area contributed by atoms with Crippen molar-refractivity contribution in [3.63, 3.8) is 0 Å². The van der Waals surface area contributed by atoms with Crippen LogP contribution in [-0.4, -0.2) is 40.7 Å². The molecule has 1 atom stereocenters. The number of nitrogens with one attached hydrogen (secondary N) is 1. The summed E-state index contributed by atoms with van der Waals surface area (Å²) >= 11 is 1.67. The number of nitrogens with zero attached hydrogens (tertiary/aromatic N) is 4. The van der Waals surface area contributed by atoms with E-state index < -0.39 is 0 Å². The molecule has 2 aromatic heterocycles. The van der Waals surface area contributed by atoms with Crippen molar-refractivity contribution >= 4 is 33.3 Å². The van der Waals surface area contributed by atoms with Gasteiger partial charge >= 0.3 is 0 Å². The first-order valence-corrected chi connectivity index (χ1v) is 10.2. The van der Waals surface area contributed by atoms with Crippen molar-refractivity contribution in [1.29, 1.82) is 0 Å². The summed E-state index contributed by atoms with van der Waals surface area (Å²) in [6.45, 7) is 4.69. The fourth-order valence-corrected chi connectivity index (χ4v) is 4.27. The fraction of sp³-hybridized carbons (Fsp3) is 0.400. The topological polar surface area (TPSA) is 71.0 Å².